The number of hydrogen-bond donors (Lipinski definition) is 3. The molecule has 2 aliphatic heterocycles. The van der Waals surface area contributed by atoms with E-state index in [9.17, 15) is 14.0 Å². The van der Waals surface area contributed by atoms with Gasteiger partial charge in [0.1, 0.15) is 23.9 Å². The predicted molar refractivity (Wildman–Crippen MR) is 117 cm³/mol. The molecule has 0 aromatic heterocycles. The Hall–Kier alpha value is -1.94. The molecule has 3 aliphatic carbocycles. The molecule has 1 aromatic carbocycles. The Morgan fingerprint density at radius 1 is 1.24 bits per heavy atom. The summed E-state index contributed by atoms with van der Waals surface area (Å²) in [6.45, 7) is 1.70. The second kappa shape index (κ2) is 9.37. The molecule has 2 bridgehead atoms. The quantitative estimate of drug-likeness (QED) is 0.523. The average Bonchev–Trinajstić information content (AvgIpc) is 3.25. The predicted octanol–water partition coefficient (Wildman–Crippen LogP) is 1.75. The smallest absolute Gasteiger partial charge is 0.258 e. The summed E-state index contributed by atoms with van der Waals surface area (Å²) in [5, 5.41) is 9.60. The number of carbonyl (C=O) groups excluding carboxylic acids is 2. The van der Waals surface area contributed by atoms with Crippen LogP contribution < -0.4 is 20.7 Å². The van der Waals surface area contributed by atoms with Crippen molar-refractivity contribution in [2.75, 3.05) is 26.4 Å². The van der Waals surface area contributed by atoms with Gasteiger partial charge in [-0.05, 0) is 50.2 Å². The van der Waals surface area contributed by atoms with Gasteiger partial charge in [0.05, 0.1) is 24.2 Å². The summed E-state index contributed by atoms with van der Waals surface area (Å²) >= 11 is 5.66. The number of nitrogens with one attached hydrogen (secondary N) is 3. The largest absolute Gasteiger partial charge is 0.484 e. The molecular formula is C23H29ClFN3O5. The topological polar surface area (TPSA) is 97.9 Å². The molecule has 0 radical (unpaired) electrons. The minimum absolute atomic E-state index is 0.00571. The van der Waals surface area contributed by atoms with E-state index in [0.717, 1.165) is 38.2 Å². The standard InChI is InChI=1S/C23H29ClFN3O5/c24-17-3-2-15(5-18(17)25)32-12-20(29)28-23-6-14(7-23)19(8-23)27-22(30)13-1-4-21(26-9-13)33-16-10-31-11-16/h2-3,5,13-14,16,19,21,26H,1,4,6-12H2,(H,27,30)(H,28,29). The van der Waals surface area contributed by atoms with Gasteiger partial charge in [-0.1, -0.05) is 11.6 Å². The zero-order valence-corrected chi connectivity index (χ0v) is 19.0. The van der Waals surface area contributed by atoms with Gasteiger partial charge < -0.3 is 24.8 Å². The van der Waals surface area contributed by atoms with Crippen LogP contribution in [0.1, 0.15) is 32.1 Å². The Balaban J connectivity index is 1.03. The van der Waals surface area contributed by atoms with Gasteiger partial charge in [-0.15, -0.1) is 0 Å². The van der Waals surface area contributed by atoms with Crippen molar-refractivity contribution in [3.63, 3.8) is 0 Å². The van der Waals surface area contributed by atoms with Crippen LogP contribution in [0, 0.1) is 17.7 Å². The Morgan fingerprint density at radius 3 is 2.73 bits per heavy atom. The molecular weight excluding hydrogens is 453 g/mol. The van der Waals surface area contributed by atoms with Gasteiger partial charge in [0.25, 0.3) is 5.91 Å². The maximum absolute atomic E-state index is 13.5. The van der Waals surface area contributed by atoms with Crippen molar-refractivity contribution in [2.45, 2.75) is 56.0 Å². The number of halogens is 2. The summed E-state index contributed by atoms with van der Waals surface area (Å²) in [5.41, 5.74) is -0.289. The van der Waals surface area contributed by atoms with Gasteiger partial charge in [0, 0.05) is 24.2 Å². The zero-order chi connectivity index (χ0) is 23.0. The normalized spacial score (nSPS) is 33.0. The Bertz CT molecular complexity index is 900. The second-order valence-corrected chi connectivity index (χ2v) is 10.1. The summed E-state index contributed by atoms with van der Waals surface area (Å²) < 4.78 is 29.9. The van der Waals surface area contributed by atoms with Crippen LogP contribution in [0.4, 0.5) is 4.39 Å². The molecule has 180 valence electrons. The number of hydrogen-bond acceptors (Lipinski definition) is 6. The minimum atomic E-state index is -0.589. The molecule has 2 amide bonds. The van der Waals surface area contributed by atoms with Crippen molar-refractivity contribution in [1.29, 1.82) is 0 Å². The molecule has 5 aliphatic rings. The van der Waals surface area contributed by atoms with E-state index in [2.05, 4.69) is 16.0 Å². The monoisotopic (exact) mass is 481 g/mol. The number of piperidine rings is 1. The third kappa shape index (κ3) is 5.11. The number of fused-ring (bicyclic) bond motifs is 1. The molecule has 3 unspecified atom stereocenters. The van der Waals surface area contributed by atoms with Crippen molar-refractivity contribution in [2.24, 2.45) is 11.8 Å². The van der Waals surface area contributed by atoms with E-state index in [1.165, 1.54) is 12.1 Å². The number of benzene rings is 1. The van der Waals surface area contributed by atoms with E-state index in [0.29, 0.717) is 25.7 Å². The van der Waals surface area contributed by atoms with Crippen LogP contribution in [0.25, 0.3) is 0 Å². The lowest BCUT2D eigenvalue weighted by Crippen LogP contribution is -2.53. The average molecular weight is 482 g/mol. The van der Waals surface area contributed by atoms with Crippen LogP contribution in [0.2, 0.25) is 5.02 Å². The summed E-state index contributed by atoms with van der Waals surface area (Å²) in [4.78, 5) is 25.2. The fraction of sp³-hybridized carbons (Fsp3) is 0.652. The van der Waals surface area contributed by atoms with Gasteiger partial charge in [-0.2, -0.15) is 0 Å². The van der Waals surface area contributed by atoms with Crippen molar-refractivity contribution in [3.05, 3.63) is 29.0 Å². The summed E-state index contributed by atoms with van der Waals surface area (Å²) in [6, 6.07) is 4.14. The summed E-state index contributed by atoms with van der Waals surface area (Å²) in [6.07, 6.45) is 4.18. The molecule has 33 heavy (non-hydrogen) atoms. The fourth-order valence-electron chi connectivity index (χ4n) is 5.35. The van der Waals surface area contributed by atoms with Crippen LogP contribution in [-0.2, 0) is 19.1 Å². The highest BCUT2D eigenvalue weighted by Crippen LogP contribution is 2.52. The Kier molecular flexibility index (Phi) is 6.48. The SMILES string of the molecule is O=C(COc1ccc(Cl)c(F)c1)NC12CC(C1)C(NC(=O)C1CCC(OC3COC3)NC1)C2. The molecule has 0 spiro atoms. The van der Waals surface area contributed by atoms with E-state index in [1.807, 2.05) is 0 Å². The molecule has 10 heteroatoms. The fourth-order valence-corrected chi connectivity index (χ4v) is 5.47. The first-order chi connectivity index (χ1) is 15.9. The van der Waals surface area contributed by atoms with Crippen molar-refractivity contribution in [1.82, 2.24) is 16.0 Å². The third-order valence-corrected chi connectivity index (χ3v) is 7.49. The number of ether oxygens (including phenoxy) is 3. The maximum atomic E-state index is 13.5. The maximum Gasteiger partial charge on any atom is 0.258 e. The van der Waals surface area contributed by atoms with E-state index in [4.69, 9.17) is 25.8 Å². The molecule has 6 rings (SSSR count). The van der Waals surface area contributed by atoms with Crippen LogP contribution in [-0.4, -0.2) is 62.1 Å². The van der Waals surface area contributed by atoms with Crippen molar-refractivity contribution in [3.8, 4) is 5.75 Å². The van der Waals surface area contributed by atoms with Gasteiger partial charge in [-0.25, -0.2) is 4.39 Å². The first-order valence-corrected chi connectivity index (χ1v) is 11.9. The molecule has 1 aromatic rings. The van der Waals surface area contributed by atoms with Gasteiger partial charge >= 0.3 is 0 Å². The van der Waals surface area contributed by atoms with Crippen LogP contribution >= 0.6 is 11.6 Å². The first-order valence-electron chi connectivity index (χ1n) is 11.5. The van der Waals surface area contributed by atoms with Gasteiger partial charge in [-0.3, -0.25) is 14.9 Å². The first kappa shape index (κ1) is 22.8. The second-order valence-electron chi connectivity index (χ2n) is 9.65. The van der Waals surface area contributed by atoms with Crippen LogP contribution in [0.3, 0.4) is 0 Å². The third-order valence-electron chi connectivity index (χ3n) is 7.18. The Morgan fingerprint density at radius 2 is 2.06 bits per heavy atom. The molecule has 3 atom stereocenters. The van der Waals surface area contributed by atoms with Gasteiger partial charge in [0.15, 0.2) is 6.61 Å². The molecule has 8 nitrogen and oxygen atoms in total. The lowest BCUT2D eigenvalue weighted by atomic mass is 9.76. The Labute approximate surface area is 196 Å². The highest BCUT2D eigenvalue weighted by atomic mass is 35.5. The highest BCUT2D eigenvalue weighted by molar-refractivity contribution is 6.30. The summed E-state index contributed by atoms with van der Waals surface area (Å²) in [5.74, 6) is -0.211. The number of carbonyl (C=O) groups is 2. The van der Waals surface area contributed by atoms with Crippen molar-refractivity contribution < 1.29 is 28.2 Å². The van der Waals surface area contributed by atoms with E-state index in [-0.39, 0.29) is 59.0 Å². The summed E-state index contributed by atoms with van der Waals surface area (Å²) in [7, 11) is 0. The van der Waals surface area contributed by atoms with E-state index < -0.39 is 5.82 Å². The minimum Gasteiger partial charge on any atom is -0.484 e. The molecule has 5 fully saturated rings. The van der Waals surface area contributed by atoms with Crippen LogP contribution in [0.5, 0.6) is 5.75 Å². The van der Waals surface area contributed by atoms with E-state index in [1.54, 1.807) is 0 Å². The molecule has 3 N–H and O–H groups in total. The highest BCUT2D eigenvalue weighted by Gasteiger charge is 2.57. The molecule has 3 saturated carbocycles. The molecule has 2 saturated heterocycles. The lowest BCUT2D eigenvalue weighted by molar-refractivity contribution is -0.168. The zero-order valence-electron chi connectivity index (χ0n) is 18.3. The van der Waals surface area contributed by atoms with Crippen molar-refractivity contribution >= 4 is 23.4 Å². The number of amides is 2. The van der Waals surface area contributed by atoms with Crippen LogP contribution in [0.15, 0.2) is 18.2 Å². The molecule has 2 heterocycles. The number of rotatable bonds is 8. The van der Waals surface area contributed by atoms with E-state index >= 15 is 0 Å². The van der Waals surface area contributed by atoms with Gasteiger partial charge in [0.2, 0.25) is 5.91 Å². The lowest BCUT2D eigenvalue weighted by Gasteiger charge is -2.39.